The van der Waals surface area contributed by atoms with Gasteiger partial charge in [0.15, 0.2) is 0 Å². The number of aromatic nitrogens is 1. The molecule has 2 heterocycles. The molecule has 0 aliphatic carbocycles. The molecule has 1 aromatic heterocycles. The molecule has 1 N–H and O–H groups in total. The highest BCUT2D eigenvalue weighted by molar-refractivity contribution is 7.17. The Morgan fingerprint density at radius 1 is 1.13 bits per heavy atom. The summed E-state index contributed by atoms with van der Waals surface area (Å²) in [5.74, 6) is 0.830. The molecule has 1 aliphatic heterocycles. The Labute approximate surface area is 188 Å². The number of carbonyl (C=O) groups is 1. The Morgan fingerprint density at radius 3 is 2.39 bits per heavy atom. The van der Waals surface area contributed by atoms with E-state index in [1.165, 1.54) is 24.2 Å². The SMILES string of the molecule is COc1ccc(-c2ccc(-c3nc(C)c(C(=O)NCCC4CCCN4C)s3)cc2)cc1. The van der Waals surface area contributed by atoms with Crippen LogP contribution in [0.25, 0.3) is 21.7 Å². The van der Waals surface area contributed by atoms with E-state index in [9.17, 15) is 4.79 Å². The van der Waals surface area contributed by atoms with Gasteiger partial charge in [0.05, 0.1) is 12.8 Å². The van der Waals surface area contributed by atoms with E-state index in [0.29, 0.717) is 17.5 Å². The van der Waals surface area contributed by atoms with Crippen LogP contribution in [0.2, 0.25) is 0 Å². The minimum Gasteiger partial charge on any atom is -0.497 e. The smallest absolute Gasteiger partial charge is 0.263 e. The van der Waals surface area contributed by atoms with Gasteiger partial charge in [-0.2, -0.15) is 0 Å². The average Bonchev–Trinajstić information content (AvgIpc) is 3.39. The minimum atomic E-state index is -0.0169. The van der Waals surface area contributed by atoms with Crippen LogP contribution in [0.4, 0.5) is 0 Å². The number of benzene rings is 2. The second-order valence-electron chi connectivity index (χ2n) is 8.06. The summed E-state index contributed by atoms with van der Waals surface area (Å²) in [6.07, 6.45) is 3.48. The van der Waals surface area contributed by atoms with Gasteiger partial charge in [-0.15, -0.1) is 11.3 Å². The van der Waals surface area contributed by atoms with Crippen molar-refractivity contribution in [1.29, 1.82) is 0 Å². The fourth-order valence-corrected chi connectivity index (χ4v) is 5.08. The molecule has 0 bridgehead atoms. The number of hydrogen-bond acceptors (Lipinski definition) is 5. The summed E-state index contributed by atoms with van der Waals surface area (Å²) >= 11 is 1.46. The van der Waals surface area contributed by atoms with Gasteiger partial charge in [-0.1, -0.05) is 36.4 Å². The lowest BCUT2D eigenvalue weighted by Gasteiger charge is -2.19. The predicted molar refractivity (Wildman–Crippen MR) is 127 cm³/mol. The van der Waals surface area contributed by atoms with Gasteiger partial charge in [0, 0.05) is 18.2 Å². The highest BCUT2D eigenvalue weighted by Gasteiger charge is 2.21. The fraction of sp³-hybridized carbons (Fsp3) is 0.360. The third-order valence-corrected chi connectivity index (χ3v) is 7.20. The van der Waals surface area contributed by atoms with Gasteiger partial charge < -0.3 is 15.0 Å². The quantitative estimate of drug-likeness (QED) is 0.567. The van der Waals surface area contributed by atoms with E-state index in [1.54, 1.807) is 7.11 Å². The molecular formula is C25H29N3O2S. The van der Waals surface area contributed by atoms with Crippen LogP contribution in [-0.2, 0) is 0 Å². The predicted octanol–water partition coefficient (Wildman–Crippen LogP) is 5.01. The molecule has 0 saturated carbocycles. The number of aryl methyl sites for hydroxylation is 1. The third-order valence-electron chi connectivity index (χ3n) is 5.99. The van der Waals surface area contributed by atoms with Crippen molar-refractivity contribution >= 4 is 17.2 Å². The number of hydrogen-bond donors (Lipinski definition) is 1. The van der Waals surface area contributed by atoms with Crippen LogP contribution in [0.15, 0.2) is 48.5 Å². The molecule has 1 fully saturated rings. The number of nitrogens with one attached hydrogen (secondary N) is 1. The van der Waals surface area contributed by atoms with Gasteiger partial charge in [-0.25, -0.2) is 4.98 Å². The van der Waals surface area contributed by atoms with Crippen molar-refractivity contribution < 1.29 is 9.53 Å². The lowest BCUT2D eigenvalue weighted by atomic mass is 10.0. The molecule has 1 unspecified atom stereocenters. The largest absolute Gasteiger partial charge is 0.497 e. The van der Waals surface area contributed by atoms with Crippen molar-refractivity contribution in [1.82, 2.24) is 15.2 Å². The van der Waals surface area contributed by atoms with Crippen molar-refractivity contribution in [2.45, 2.75) is 32.2 Å². The van der Waals surface area contributed by atoms with Crippen LogP contribution in [0.5, 0.6) is 5.75 Å². The molecule has 0 radical (unpaired) electrons. The van der Waals surface area contributed by atoms with E-state index < -0.39 is 0 Å². The van der Waals surface area contributed by atoms with E-state index >= 15 is 0 Å². The zero-order valence-electron chi connectivity index (χ0n) is 18.4. The van der Waals surface area contributed by atoms with Gasteiger partial charge in [-0.05, 0) is 63.0 Å². The normalized spacial score (nSPS) is 16.4. The van der Waals surface area contributed by atoms with Gasteiger partial charge in [0.2, 0.25) is 0 Å². The molecule has 162 valence electrons. The molecule has 1 atom stereocenters. The maximum Gasteiger partial charge on any atom is 0.263 e. The Balaban J connectivity index is 1.41. The van der Waals surface area contributed by atoms with E-state index in [4.69, 9.17) is 4.74 Å². The first-order chi connectivity index (χ1) is 15.0. The molecule has 0 spiro atoms. The summed E-state index contributed by atoms with van der Waals surface area (Å²) < 4.78 is 5.23. The summed E-state index contributed by atoms with van der Waals surface area (Å²) in [7, 11) is 3.83. The van der Waals surface area contributed by atoms with Gasteiger partial charge >= 0.3 is 0 Å². The standard InChI is InChI=1S/C25H29N3O2S/c1-17-23(24(29)26-15-14-21-5-4-16-28(21)2)31-25(27-17)20-8-6-18(7-9-20)19-10-12-22(30-3)13-11-19/h6-13,21H,4-5,14-16H2,1-3H3,(H,26,29). The summed E-state index contributed by atoms with van der Waals surface area (Å²) in [5, 5.41) is 3.96. The first-order valence-corrected chi connectivity index (χ1v) is 11.6. The molecule has 4 rings (SSSR count). The van der Waals surface area contributed by atoms with Crippen LogP contribution < -0.4 is 10.1 Å². The Bertz CT molecular complexity index is 1030. The van der Waals surface area contributed by atoms with Crippen LogP contribution in [-0.4, -0.2) is 49.1 Å². The summed E-state index contributed by atoms with van der Waals surface area (Å²) in [4.78, 5) is 20.4. The molecule has 2 aromatic carbocycles. The summed E-state index contributed by atoms with van der Waals surface area (Å²) in [5.41, 5.74) is 4.08. The zero-order chi connectivity index (χ0) is 21.8. The lowest BCUT2D eigenvalue weighted by molar-refractivity contribution is 0.0953. The summed E-state index contributed by atoms with van der Waals surface area (Å²) in [6.45, 7) is 3.77. The maximum atomic E-state index is 12.7. The van der Waals surface area contributed by atoms with Crippen LogP contribution in [0.1, 0.15) is 34.6 Å². The number of methoxy groups -OCH3 is 1. The third kappa shape index (κ3) is 4.97. The highest BCUT2D eigenvalue weighted by Crippen LogP contribution is 2.30. The first kappa shape index (κ1) is 21.5. The summed E-state index contributed by atoms with van der Waals surface area (Å²) in [6, 6.07) is 16.9. The van der Waals surface area contributed by atoms with Gasteiger partial charge in [0.25, 0.3) is 5.91 Å². The lowest BCUT2D eigenvalue weighted by Crippen LogP contribution is -2.31. The molecule has 1 amide bonds. The van der Waals surface area contributed by atoms with Crippen LogP contribution in [0.3, 0.4) is 0 Å². The number of rotatable bonds is 7. The van der Waals surface area contributed by atoms with E-state index in [1.807, 2.05) is 31.2 Å². The molecule has 1 saturated heterocycles. The van der Waals surface area contributed by atoms with Gasteiger partial charge in [0.1, 0.15) is 15.6 Å². The van der Waals surface area contributed by atoms with E-state index in [2.05, 4.69) is 46.5 Å². The molecule has 1 aliphatic rings. The topological polar surface area (TPSA) is 54.5 Å². The number of amides is 1. The molecular weight excluding hydrogens is 406 g/mol. The number of likely N-dealkylation sites (tertiary alicyclic amines) is 1. The average molecular weight is 436 g/mol. The first-order valence-electron chi connectivity index (χ1n) is 10.8. The van der Waals surface area contributed by atoms with Crippen molar-refractivity contribution in [2.75, 3.05) is 27.2 Å². The number of nitrogens with zero attached hydrogens (tertiary/aromatic N) is 2. The Morgan fingerprint density at radius 2 is 1.77 bits per heavy atom. The number of ether oxygens (including phenoxy) is 1. The second kappa shape index (κ2) is 9.62. The molecule has 6 heteroatoms. The Kier molecular flexibility index (Phi) is 6.68. The van der Waals surface area contributed by atoms with Gasteiger partial charge in [-0.3, -0.25) is 4.79 Å². The van der Waals surface area contributed by atoms with Crippen molar-refractivity contribution in [3.8, 4) is 27.4 Å². The second-order valence-corrected chi connectivity index (χ2v) is 9.06. The van der Waals surface area contributed by atoms with Crippen molar-refractivity contribution in [3.05, 3.63) is 59.1 Å². The highest BCUT2D eigenvalue weighted by atomic mass is 32.1. The van der Waals surface area contributed by atoms with Crippen molar-refractivity contribution in [2.24, 2.45) is 0 Å². The molecule has 5 nitrogen and oxygen atoms in total. The van der Waals surface area contributed by atoms with E-state index in [0.717, 1.165) is 46.1 Å². The van der Waals surface area contributed by atoms with Crippen LogP contribution >= 0.6 is 11.3 Å². The maximum absolute atomic E-state index is 12.7. The fourth-order valence-electron chi connectivity index (χ4n) is 4.10. The number of carbonyl (C=O) groups excluding carboxylic acids is 1. The molecule has 31 heavy (non-hydrogen) atoms. The number of thiazole rings is 1. The van der Waals surface area contributed by atoms with Crippen molar-refractivity contribution in [3.63, 3.8) is 0 Å². The van der Waals surface area contributed by atoms with Crippen LogP contribution in [0, 0.1) is 6.92 Å². The minimum absolute atomic E-state index is 0.0169. The zero-order valence-corrected chi connectivity index (χ0v) is 19.2. The molecule has 3 aromatic rings. The Hall–Kier alpha value is -2.70. The monoisotopic (exact) mass is 435 g/mol. The van der Waals surface area contributed by atoms with E-state index in [-0.39, 0.29) is 5.91 Å².